The highest BCUT2D eigenvalue weighted by molar-refractivity contribution is 7.86. The van der Waals surface area contributed by atoms with Gasteiger partial charge in [-0.3, -0.25) is 0 Å². The summed E-state index contributed by atoms with van der Waals surface area (Å²) in [5.41, 5.74) is -8.41. The highest BCUT2D eigenvalue weighted by Crippen LogP contribution is 2.21. The summed E-state index contributed by atoms with van der Waals surface area (Å²) in [4.78, 5) is 0. The zero-order valence-electron chi connectivity index (χ0n) is 19.2. The molecule has 0 aliphatic heterocycles. The highest BCUT2D eigenvalue weighted by atomic mass is 127. The zero-order valence-corrected chi connectivity index (χ0v) is 25.2. The Balaban J connectivity index is 0.000000374. The maximum absolute atomic E-state index is 10.7. The molecule has 6 nitrogen and oxygen atoms in total. The highest BCUT2D eigenvalue weighted by Gasteiger charge is 2.37. The predicted molar refractivity (Wildman–Crippen MR) is 115 cm³/mol. The smallest absolute Gasteiger partial charge is 0.485 e. The second-order valence-electron chi connectivity index (χ2n) is 6.93. The van der Waals surface area contributed by atoms with Gasteiger partial charge in [-0.05, 0) is 50.2 Å². The molecule has 0 N–H and O–H groups in total. The van der Waals surface area contributed by atoms with E-state index in [1.54, 1.807) is 3.57 Å². The average Bonchev–Trinajstić information content (AvgIpc) is 2.76. The number of benzene rings is 3. The fourth-order valence-corrected chi connectivity index (χ4v) is 6.98. The van der Waals surface area contributed by atoms with Crippen LogP contribution in [0.25, 0.3) is 0 Å². The molecule has 3 rings (SSSR count). The van der Waals surface area contributed by atoms with E-state index in [2.05, 4.69) is 86.6 Å². The minimum Gasteiger partial charge on any atom is -0.741 e. The van der Waals surface area contributed by atoms with Crippen LogP contribution in [0.5, 0.6) is 0 Å². The third kappa shape index (κ3) is 12.1. The van der Waals surface area contributed by atoms with Crippen LogP contribution < -0.4 is 42.4 Å². The van der Waals surface area contributed by atoms with Crippen molar-refractivity contribution in [2.45, 2.75) is 24.9 Å². The first-order valence-electron chi connectivity index (χ1n) is 9.77. The molecule has 0 aliphatic carbocycles. The Morgan fingerprint density at radius 1 is 0.553 bits per heavy atom. The topological polar surface area (TPSA) is 114 Å². The Labute approximate surface area is 236 Å². The van der Waals surface area contributed by atoms with Gasteiger partial charge in [0.15, 0.2) is 34.5 Å². The molecule has 0 radical (unpaired) electrons. The molecule has 0 fully saturated rings. The molecule has 0 atom stereocenters. The maximum atomic E-state index is 10.7. The van der Waals surface area contributed by atoms with Gasteiger partial charge in [0, 0.05) is 11.1 Å². The SMILES string of the molecule is Cc1cccc(C)c1[I+]c1ccc([I+]c2ccccc2)cc1.O=S(=O)([O-])C(F)(F)F.O=S(=O)([O-])C(F)(F)F. The van der Waals surface area contributed by atoms with Gasteiger partial charge in [0.1, 0.15) is 0 Å². The van der Waals surface area contributed by atoms with Gasteiger partial charge in [-0.25, -0.2) is 16.8 Å². The largest absolute Gasteiger partial charge is 0.741 e. The third-order valence-electron chi connectivity index (χ3n) is 3.91. The van der Waals surface area contributed by atoms with Gasteiger partial charge in [0.05, 0.1) is 0 Å². The van der Waals surface area contributed by atoms with E-state index in [9.17, 15) is 26.3 Å². The number of rotatable bonds is 4. The molecule has 16 heteroatoms. The van der Waals surface area contributed by atoms with Crippen LogP contribution in [0.1, 0.15) is 11.1 Å². The lowest BCUT2D eigenvalue weighted by Crippen LogP contribution is -3.62. The van der Waals surface area contributed by atoms with E-state index in [4.69, 9.17) is 25.9 Å². The lowest BCUT2D eigenvalue weighted by molar-refractivity contribution is -0.603. The van der Waals surface area contributed by atoms with Crippen LogP contribution in [0.2, 0.25) is 0 Å². The Hall–Kier alpha value is -1.48. The van der Waals surface area contributed by atoms with Crippen molar-refractivity contribution >= 4 is 20.2 Å². The van der Waals surface area contributed by atoms with E-state index in [0.29, 0.717) is 0 Å². The van der Waals surface area contributed by atoms with Crippen LogP contribution in [0, 0.1) is 28.1 Å². The van der Waals surface area contributed by atoms with Crippen molar-refractivity contribution in [1.82, 2.24) is 0 Å². The molecular formula is C22H18F6I2O6S2. The molecule has 0 saturated carbocycles. The van der Waals surface area contributed by atoms with Crippen LogP contribution in [-0.2, 0) is 20.2 Å². The van der Waals surface area contributed by atoms with E-state index in [0.717, 1.165) is 0 Å². The molecule has 0 heterocycles. The molecular weight excluding hydrogens is 792 g/mol. The quantitative estimate of drug-likeness (QED) is 0.140. The molecule has 3 aromatic carbocycles. The van der Waals surface area contributed by atoms with Gasteiger partial charge in [-0.2, -0.15) is 26.3 Å². The van der Waals surface area contributed by atoms with E-state index < -0.39 is 31.3 Å². The normalized spacial score (nSPS) is 12.1. The second-order valence-corrected chi connectivity index (χ2v) is 15.6. The molecule has 38 heavy (non-hydrogen) atoms. The van der Waals surface area contributed by atoms with E-state index in [-0.39, 0.29) is 42.4 Å². The van der Waals surface area contributed by atoms with Gasteiger partial charge >= 0.3 is 53.4 Å². The van der Waals surface area contributed by atoms with Gasteiger partial charge in [0.2, 0.25) is 0 Å². The molecule has 0 bridgehead atoms. The molecule has 0 unspecified atom stereocenters. The zero-order chi connectivity index (χ0) is 29.4. The molecule has 3 aromatic rings. The van der Waals surface area contributed by atoms with Crippen LogP contribution in [-0.4, -0.2) is 37.0 Å². The lowest BCUT2D eigenvalue weighted by atomic mass is 10.2. The first kappa shape index (κ1) is 34.5. The molecule has 0 aliphatic rings. The summed E-state index contributed by atoms with van der Waals surface area (Å²) in [6.45, 7) is 4.47. The van der Waals surface area contributed by atoms with E-state index >= 15 is 0 Å². The Morgan fingerprint density at radius 3 is 1.21 bits per heavy atom. The van der Waals surface area contributed by atoms with E-state index in [1.165, 1.54) is 21.8 Å². The van der Waals surface area contributed by atoms with Crippen LogP contribution in [0.4, 0.5) is 26.3 Å². The first-order valence-corrected chi connectivity index (χ1v) is 16.9. The average molecular weight is 810 g/mol. The summed E-state index contributed by atoms with van der Waals surface area (Å²) < 4.78 is 124. The summed E-state index contributed by atoms with van der Waals surface area (Å²) in [5.74, 6) is 0. The van der Waals surface area contributed by atoms with Crippen molar-refractivity contribution in [1.29, 1.82) is 0 Å². The van der Waals surface area contributed by atoms with Gasteiger partial charge in [-0.1, -0.05) is 36.4 Å². The van der Waals surface area contributed by atoms with Gasteiger partial charge in [-0.15, -0.1) is 0 Å². The number of halogens is 8. The summed E-state index contributed by atoms with van der Waals surface area (Å²) in [6, 6.07) is 26.8. The van der Waals surface area contributed by atoms with Crippen molar-refractivity contribution in [3.8, 4) is 0 Å². The molecule has 0 aromatic heterocycles. The van der Waals surface area contributed by atoms with Gasteiger partial charge in [0.25, 0.3) is 0 Å². The van der Waals surface area contributed by atoms with Crippen molar-refractivity contribution in [3.63, 3.8) is 0 Å². The standard InChI is InChI=1S/C20H18I2.2CHF3O3S/c1-15-7-6-8-16(2)20(15)22-19-13-11-18(12-14-19)21-17-9-4-3-5-10-17;2*2-1(3,4)8(5,6)7/h3-14H,1-2H3;2*(H,5,6,7)/q+2;;/p-2. The van der Waals surface area contributed by atoms with Crippen molar-refractivity contribution in [2.75, 3.05) is 0 Å². The number of hydrogen-bond donors (Lipinski definition) is 0. The minimum atomic E-state index is -6.09. The fourth-order valence-electron chi connectivity index (χ4n) is 2.21. The molecule has 0 saturated heterocycles. The van der Waals surface area contributed by atoms with Gasteiger partial charge < -0.3 is 9.11 Å². The van der Waals surface area contributed by atoms with Crippen LogP contribution >= 0.6 is 0 Å². The Morgan fingerprint density at radius 2 is 0.868 bits per heavy atom. The Bertz CT molecular complexity index is 1330. The second kappa shape index (κ2) is 14.2. The number of aryl methyl sites for hydroxylation is 2. The fraction of sp³-hybridized carbons (Fsp3) is 0.182. The maximum Gasteiger partial charge on any atom is 0.485 e. The first-order chi connectivity index (χ1) is 17.2. The van der Waals surface area contributed by atoms with E-state index in [1.807, 2.05) is 0 Å². The van der Waals surface area contributed by atoms with Crippen molar-refractivity contribution < 1.29 is 94.7 Å². The van der Waals surface area contributed by atoms with Crippen molar-refractivity contribution in [3.05, 3.63) is 98.2 Å². The summed E-state index contributed by atoms with van der Waals surface area (Å²) in [7, 11) is -12.2. The summed E-state index contributed by atoms with van der Waals surface area (Å²) >= 11 is -0.121. The number of alkyl halides is 6. The molecule has 210 valence electrons. The van der Waals surface area contributed by atoms with Crippen LogP contribution in [0.15, 0.2) is 72.8 Å². The Kier molecular flexibility index (Phi) is 12.9. The number of hydrogen-bond acceptors (Lipinski definition) is 6. The molecule has 0 spiro atoms. The predicted octanol–water partition coefficient (Wildman–Crippen LogP) is -1.34. The van der Waals surface area contributed by atoms with Crippen molar-refractivity contribution in [2.24, 2.45) is 0 Å². The third-order valence-corrected chi connectivity index (χ3v) is 11.3. The van der Waals surface area contributed by atoms with Crippen LogP contribution in [0.3, 0.4) is 0 Å². The summed E-state index contributed by atoms with van der Waals surface area (Å²) in [6.07, 6.45) is 0. The monoisotopic (exact) mass is 810 g/mol. The minimum absolute atomic E-state index is 0.0451. The lowest BCUT2D eigenvalue weighted by Gasteiger charge is -2.08. The summed E-state index contributed by atoms with van der Waals surface area (Å²) in [5, 5.41) is 0. The molecule has 0 amide bonds.